The average Bonchev–Trinajstić information content (AvgIpc) is 3.14. The number of carbonyl (C=O) groups is 1. The van der Waals surface area contributed by atoms with E-state index < -0.39 is 0 Å². The van der Waals surface area contributed by atoms with E-state index in [4.69, 9.17) is 16.1 Å². The molecule has 0 radical (unpaired) electrons. The summed E-state index contributed by atoms with van der Waals surface area (Å²) in [5.41, 5.74) is 4.99. The minimum Gasteiger partial charge on any atom is -0.337 e. The van der Waals surface area contributed by atoms with Crippen molar-refractivity contribution in [3.8, 4) is 22.4 Å². The second-order valence-corrected chi connectivity index (χ2v) is 7.01. The standard InChI is InChI=1S/C23H18ClN3O2/c1-15-6-2-4-8-18(15)22-21(16-10-12-25-13-11-16)23(29-27-22)26-20(28)14-17-7-3-5-9-19(17)24/h2-13H,14H2,1H3,(H,26,28). The fraction of sp³-hybridized carbons (Fsp3) is 0.0870. The molecule has 1 N–H and O–H groups in total. The number of aromatic nitrogens is 2. The molecule has 0 bridgehead atoms. The van der Waals surface area contributed by atoms with Crippen LogP contribution in [0.5, 0.6) is 0 Å². The number of nitrogens with one attached hydrogen (secondary N) is 1. The molecule has 0 saturated carbocycles. The van der Waals surface area contributed by atoms with Gasteiger partial charge in [-0.1, -0.05) is 59.2 Å². The third kappa shape index (κ3) is 4.05. The molecule has 2 aromatic heterocycles. The zero-order chi connectivity index (χ0) is 20.2. The maximum Gasteiger partial charge on any atom is 0.239 e. The number of hydrogen-bond donors (Lipinski definition) is 1. The van der Waals surface area contributed by atoms with Crippen LogP contribution in [0.1, 0.15) is 11.1 Å². The van der Waals surface area contributed by atoms with Crippen molar-refractivity contribution in [1.29, 1.82) is 0 Å². The van der Waals surface area contributed by atoms with Crippen LogP contribution in [0.4, 0.5) is 5.88 Å². The first-order valence-electron chi connectivity index (χ1n) is 9.13. The first kappa shape index (κ1) is 18.9. The van der Waals surface area contributed by atoms with Crippen LogP contribution >= 0.6 is 11.6 Å². The number of aryl methyl sites for hydroxylation is 1. The van der Waals surface area contributed by atoms with Gasteiger partial charge in [-0.2, -0.15) is 0 Å². The lowest BCUT2D eigenvalue weighted by Gasteiger charge is -2.08. The van der Waals surface area contributed by atoms with E-state index in [1.807, 2.05) is 61.5 Å². The first-order chi connectivity index (χ1) is 14.1. The lowest BCUT2D eigenvalue weighted by molar-refractivity contribution is -0.115. The Bertz CT molecular complexity index is 1160. The number of halogens is 1. The fourth-order valence-corrected chi connectivity index (χ4v) is 3.37. The Morgan fingerprint density at radius 3 is 2.52 bits per heavy atom. The van der Waals surface area contributed by atoms with Gasteiger partial charge >= 0.3 is 0 Å². The molecule has 5 nitrogen and oxygen atoms in total. The third-order valence-electron chi connectivity index (χ3n) is 4.62. The monoisotopic (exact) mass is 403 g/mol. The number of carbonyl (C=O) groups excluding carboxylic acids is 1. The fourth-order valence-electron chi connectivity index (χ4n) is 3.17. The molecule has 29 heavy (non-hydrogen) atoms. The van der Waals surface area contributed by atoms with E-state index in [1.54, 1.807) is 18.5 Å². The van der Waals surface area contributed by atoms with Gasteiger partial charge in [-0.3, -0.25) is 15.1 Å². The molecule has 0 aliphatic rings. The van der Waals surface area contributed by atoms with E-state index in [9.17, 15) is 4.79 Å². The minimum absolute atomic E-state index is 0.135. The van der Waals surface area contributed by atoms with Crippen LogP contribution in [0.2, 0.25) is 5.02 Å². The van der Waals surface area contributed by atoms with Gasteiger partial charge in [0.25, 0.3) is 0 Å². The van der Waals surface area contributed by atoms with Gasteiger partial charge in [0.2, 0.25) is 11.8 Å². The maximum absolute atomic E-state index is 12.7. The molecule has 6 heteroatoms. The van der Waals surface area contributed by atoms with Crippen LogP contribution in [-0.4, -0.2) is 16.0 Å². The predicted octanol–water partition coefficient (Wildman–Crippen LogP) is 5.55. The highest BCUT2D eigenvalue weighted by Gasteiger charge is 2.22. The summed E-state index contributed by atoms with van der Waals surface area (Å²) < 4.78 is 5.56. The maximum atomic E-state index is 12.7. The van der Waals surface area contributed by atoms with Gasteiger partial charge in [-0.05, 0) is 41.8 Å². The quantitative estimate of drug-likeness (QED) is 0.474. The minimum atomic E-state index is -0.235. The molecule has 0 atom stereocenters. The summed E-state index contributed by atoms with van der Waals surface area (Å²) in [5, 5.41) is 7.66. The average molecular weight is 404 g/mol. The molecule has 4 rings (SSSR count). The normalized spacial score (nSPS) is 10.7. The van der Waals surface area contributed by atoms with Crippen LogP contribution < -0.4 is 5.32 Å². The number of pyridine rings is 1. The summed E-state index contributed by atoms with van der Waals surface area (Å²) in [5.74, 6) is 0.0624. The number of anilines is 1. The van der Waals surface area contributed by atoms with Crippen molar-refractivity contribution >= 4 is 23.4 Å². The first-order valence-corrected chi connectivity index (χ1v) is 9.50. The largest absolute Gasteiger partial charge is 0.337 e. The molecule has 0 saturated heterocycles. The molecule has 0 fully saturated rings. The van der Waals surface area contributed by atoms with E-state index >= 15 is 0 Å². The highest BCUT2D eigenvalue weighted by Crippen LogP contribution is 2.38. The predicted molar refractivity (Wildman–Crippen MR) is 114 cm³/mol. The molecule has 2 heterocycles. The van der Waals surface area contributed by atoms with Crippen LogP contribution in [0.25, 0.3) is 22.4 Å². The number of benzene rings is 2. The molecule has 0 aliphatic carbocycles. The molecular weight excluding hydrogens is 386 g/mol. The Balaban J connectivity index is 1.71. The number of hydrogen-bond acceptors (Lipinski definition) is 4. The van der Waals surface area contributed by atoms with E-state index in [-0.39, 0.29) is 12.3 Å². The lowest BCUT2D eigenvalue weighted by Crippen LogP contribution is -2.14. The van der Waals surface area contributed by atoms with E-state index in [0.717, 1.165) is 22.3 Å². The molecule has 0 unspecified atom stereocenters. The van der Waals surface area contributed by atoms with E-state index in [1.165, 1.54) is 0 Å². The van der Waals surface area contributed by atoms with Crippen molar-refractivity contribution in [1.82, 2.24) is 10.1 Å². The summed E-state index contributed by atoms with van der Waals surface area (Å²) in [7, 11) is 0. The van der Waals surface area contributed by atoms with Gasteiger partial charge in [0.05, 0.1) is 12.0 Å². The van der Waals surface area contributed by atoms with Gasteiger partial charge in [0.15, 0.2) is 0 Å². The van der Waals surface area contributed by atoms with Crippen molar-refractivity contribution in [2.75, 3.05) is 5.32 Å². The zero-order valence-electron chi connectivity index (χ0n) is 15.7. The topological polar surface area (TPSA) is 68.0 Å². The van der Waals surface area contributed by atoms with Gasteiger partial charge in [-0.15, -0.1) is 0 Å². The summed E-state index contributed by atoms with van der Waals surface area (Å²) in [6.07, 6.45) is 3.52. The second-order valence-electron chi connectivity index (χ2n) is 6.60. The van der Waals surface area contributed by atoms with Crippen molar-refractivity contribution in [2.24, 2.45) is 0 Å². The van der Waals surface area contributed by atoms with Gasteiger partial charge in [0.1, 0.15) is 5.69 Å². The van der Waals surface area contributed by atoms with Crippen LogP contribution in [-0.2, 0) is 11.2 Å². The van der Waals surface area contributed by atoms with Gasteiger partial charge < -0.3 is 4.52 Å². The Morgan fingerprint density at radius 2 is 1.76 bits per heavy atom. The third-order valence-corrected chi connectivity index (χ3v) is 4.99. The molecule has 2 aromatic carbocycles. The van der Waals surface area contributed by atoms with E-state index in [2.05, 4.69) is 15.5 Å². The highest BCUT2D eigenvalue weighted by atomic mass is 35.5. The number of nitrogens with zero attached hydrogens (tertiary/aromatic N) is 2. The molecular formula is C23H18ClN3O2. The zero-order valence-corrected chi connectivity index (χ0v) is 16.5. The number of rotatable bonds is 5. The molecule has 1 amide bonds. The number of amides is 1. The summed E-state index contributed by atoms with van der Waals surface area (Å²) in [6, 6.07) is 18.9. The summed E-state index contributed by atoms with van der Waals surface area (Å²) in [4.78, 5) is 16.7. The molecule has 0 aliphatic heterocycles. The van der Waals surface area contributed by atoms with Crippen molar-refractivity contribution < 1.29 is 9.32 Å². The Kier molecular flexibility index (Phi) is 5.40. The van der Waals surface area contributed by atoms with Crippen LogP contribution in [0.15, 0.2) is 77.6 Å². The lowest BCUT2D eigenvalue weighted by atomic mass is 9.98. The van der Waals surface area contributed by atoms with Crippen molar-refractivity contribution in [2.45, 2.75) is 13.3 Å². The van der Waals surface area contributed by atoms with Crippen molar-refractivity contribution in [3.05, 3.63) is 89.2 Å². The van der Waals surface area contributed by atoms with Crippen LogP contribution in [0, 0.1) is 6.92 Å². The summed E-state index contributed by atoms with van der Waals surface area (Å²) >= 11 is 6.18. The molecule has 144 valence electrons. The SMILES string of the molecule is Cc1ccccc1-c1noc(NC(=O)Cc2ccccc2Cl)c1-c1ccncc1. The Morgan fingerprint density at radius 1 is 1.03 bits per heavy atom. The van der Waals surface area contributed by atoms with Gasteiger partial charge in [0, 0.05) is 23.0 Å². The molecule has 0 spiro atoms. The Hall–Kier alpha value is -3.44. The smallest absolute Gasteiger partial charge is 0.239 e. The second kappa shape index (κ2) is 8.29. The Labute approximate surface area is 173 Å². The summed E-state index contributed by atoms with van der Waals surface area (Å²) in [6.45, 7) is 2.01. The van der Waals surface area contributed by atoms with Crippen molar-refractivity contribution in [3.63, 3.8) is 0 Å². The molecule has 4 aromatic rings. The van der Waals surface area contributed by atoms with Gasteiger partial charge in [-0.25, -0.2) is 0 Å². The van der Waals surface area contributed by atoms with E-state index in [0.29, 0.717) is 22.2 Å². The highest BCUT2D eigenvalue weighted by molar-refractivity contribution is 6.31. The van der Waals surface area contributed by atoms with Crippen LogP contribution in [0.3, 0.4) is 0 Å².